The second-order valence-electron chi connectivity index (χ2n) is 6.62. The molecular formula is C20H29NSi. The van der Waals surface area contributed by atoms with E-state index in [-0.39, 0.29) is 0 Å². The molecule has 0 aliphatic heterocycles. The third kappa shape index (κ3) is 3.12. The van der Waals surface area contributed by atoms with Crippen molar-refractivity contribution in [3.63, 3.8) is 0 Å². The Morgan fingerprint density at radius 1 is 0.864 bits per heavy atom. The Labute approximate surface area is 137 Å². The van der Waals surface area contributed by atoms with Crippen molar-refractivity contribution < 1.29 is 0 Å². The summed E-state index contributed by atoms with van der Waals surface area (Å²) in [5.74, 6) is 0. The number of hydrogen-bond acceptors (Lipinski definition) is 1. The summed E-state index contributed by atoms with van der Waals surface area (Å²) in [6, 6.07) is 15.9. The predicted octanol–water partition coefficient (Wildman–Crippen LogP) is 3.97. The first-order valence-corrected chi connectivity index (χ1v) is 11.3. The van der Waals surface area contributed by atoms with Crippen molar-refractivity contribution in [2.75, 3.05) is 18.0 Å². The number of benzene rings is 2. The van der Waals surface area contributed by atoms with Crippen LogP contribution in [0.15, 0.2) is 42.5 Å². The average molecular weight is 312 g/mol. The van der Waals surface area contributed by atoms with Crippen LogP contribution in [-0.4, -0.2) is 21.2 Å². The summed E-state index contributed by atoms with van der Waals surface area (Å²) in [5.41, 5.74) is 4.24. The summed E-state index contributed by atoms with van der Waals surface area (Å²) in [4.78, 5) is 2.50. The molecule has 0 heterocycles. The molecule has 0 unspecified atom stereocenters. The average Bonchev–Trinajstić information content (AvgIpc) is 2.52. The first-order chi connectivity index (χ1) is 10.4. The molecule has 0 atom stereocenters. The Hall–Kier alpha value is -1.54. The van der Waals surface area contributed by atoms with Crippen LogP contribution in [0.5, 0.6) is 0 Å². The van der Waals surface area contributed by atoms with E-state index in [2.05, 4.69) is 88.2 Å². The summed E-state index contributed by atoms with van der Waals surface area (Å²) < 4.78 is 0. The molecule has 0 fully saturated rings. The molecule has 0 saturated carbocycles. The second kappa shape index (κ2) is 6.70. The van der Waals surface area contributed by atoms with E-state index in [1.54, 1.807) is 5.19 Å². The maximum absolute atomic E-state index is 2.50. The molecule has 0 saturated heterocycles. The number of anilines is 1. The molecule has 118 valence electrons. The Bertz CT molecular complexity index is 628. The van der Waals surface area contributed by atoms with Crippen molar-refractivity contribution in [2.45, 2.75) is 40.8 Å². The predicted molar refractivity (Wildman–Crippen MR) is 103 cm³/mol. The van der Waals surface area contributed by atoms with Gasteiger partial charge in [-0.3, -0.25) is 0 Å². The van der Waals surface area contributed by atoms with Gasteiger partial charge in [0, 0.05) is 18.8 Å². The number of hydrogen-bond donors (Lipinski definition) is 0. The van der Waals surface area contributed by atoms with E-state index in [0.29, 0.717) is 0 Å². The molecular weight excluding hydrogens is 282 g/mol. The van der Waals surface area contributed by atoms with Crippen LogP contribution in [0, 0.1) is 13.8 Å². The summed E-state index contributed by atoms with van der Waals surface area (Å²) >= 11 is 0. The number of aryl methyl sites for hydroxylation is 2. The lowest BCUT2D eigenvalue weighted by Crippen LogP contribution is -2.54. The van der Waals surface area contributed by atoms with Gasteiger partial charge < -0.3 is 4.90 Å². The van der Waals surface area contributed by atoms with Crippen molar-refractivity contribution in [3.05, 3.63) is 53.6 Å². The summed E-state index contributed by atoms with van der Waals surface area (Å²) in [6.07, 6.45) is 0. The normalized spacial score (nSPS) is 11.5. The van der Waals surface area contributed by atoms with Crippen LogP contribution in [0.3, 0.4) is 0 Å². The molecule has 1 nitrogen and oxygen atoms in total. The first-order valence-electron chi connectivity index (χ1n) is 8.34. The van der Waals surface area contributed by atoms with Crippen molar-refractivity contribution in [3.8, 4) is 0 Å². The quantitative estimate of drug-likeness (QED) is 0.755. The van der Waals surface area contributed by atoms with Crippen LogP contribution in [0.25, 0.3) is 0 Å². The zero-order valence-corrected chi connectivity index (χ0v) is 15.9. The molecule has 2 aromatic carbocycles. The first kappa shape index (κ1) is 16.8. The zero-order chi connectivity index (χ0) is 16.3. The van der Waals surface area contributed by atoms with E-state index in [1.165, 1.54) is 22.0 Å². The van der Waals surface area contributed by atoms with E-state index in [4.69, 9.17) is 0 Å². The van der Waals surface area contributed by atoms with Crippen LogP contribution in [-0.2, 0) is 0 Å². The Morgan fingerprint density at radius 3 is 1.95 bits per heavy atom. The third-order valence-corrected chi connectivity index (χ3v) is 8.41. The Balaban J connectivity index is 2.65. The molecule has 0 radical (unpaired) electrons. The molecule has 0 aromatic heterocycles. The summed E-state index contributed by atoms with van der Waals surface area (Å²) in [5, 5.41) is 3.07. The van der Waals surface area contributed by atoms with E-state index in [9.17, 15) is 0 Å². The van der Waals surface area contributed by atoms with Crippen LogP contribution in [0.1, 0.15) is 25.0 Å². The number of rotatable bonds is 5. The van der Waals surface area contributed by atoms with Crippen molar-refractivity contribution in [2.24, 2.45) is 0 Å². The highest BCUT2D eigenvalue weighted by Gasteiger charge is 2.30. The molecule has 22 heavy (non-hydrogen) atoms. The van der Waals surface area contributed by atoms with Crippen LogP contribution in [0.2, 0.25) is 13.1 Å². The van der Waals surface area contributed by atoms with Gasteiger partial charge in [-0.05, 0) is 50.1 Å². The lowest BCUT2D eigenvalue weighted by atomic mass is 10.1. The lowest BCUT2D eigenvalue weighted by Gasteiger charge is -2.32. The van der Waals surface area contributed by atoms with Gasteiger partial charge >= 0.3 is 0 Å². The monoisotopic (exact) mass is 311 g/mol. The Morgan fingerprint density at radius 2 is 1.41 bits per heavy atom. The van der Waals surface area contributed by atoms with Gasteiger partial charge in [-0.25, -0.2) is 0 Å². The molecule has 0 aliphatic carbocycles. The van der Waals surface area contributed by atoms with Crippen molar-refractivity contribution in [1.82, 2.24) is 0 Å². The van der Waals surface area contributed by atoms with E-state index >= 15 is 0 Å². The topological polar surface area (TPSA) is 3.24 Å². The molecule has 0 bridgehead atoms. The standard InChI is InChI=1S/C20H29NSi/c1-7-21(8-2)19-14-16(3)17(4)15-20(19)22(5,6)18-12-10-9-11-13-18/h9-15H,7-8H2,1-6H3. The highest BCUT2D eigenvalue weighted by molar-refractivity contribution is 7.01. The maximum Gasteiger partial charge on any atom is 0.114 e. The van der Waals surface area contributed by atoms with Gasteiger partial charge in [-0.15, -0.1) is 0 Å². The largest absolute Gasteiger partial charge is 0.372 e. The molecule has 0 spiro atoms. The fourth-order valence-corrected chi connectivity index (χ4v) is 5.92. The minimum absolute atomic E-state index is 1.06. The highest BCUT2D eigenvalue weighted by atomic mass is 28.3. The second-order valence-corrected chi connectivity index (χ2v) is 11.0. The summed E-state index contributed by atoms with van der Waals surface area (Å²) in [6.45, 7) is 16.0. The van der Waals surface area contributed by atoms with E-state index < -0.39 is 8.07 Å². The molecule has 0 aliphatic rings. The smallest absolute Gasteiger partial charge is 0.114 e. The molecule has 2 aromatic rings. The van der Waals surface area contributed by atoms with Gasteiger partial charge in [0.25, 0.3) is 0 Å². The van der Waals surface area contributed by atoms with Crippen molar-refractivity contribution >= 4 is 24.1 Å². The molecule has 2 rings (SSSR count). The van der Waals surface area contributed by atoms with Crippen LogP contribution < -0.4 is 15.3 Å². The fourth-order valence-electron chi connectivity index (χ4n) is 3.14. The minimum Gasteiger partial charge on any atom is -0.372 e. The van der Waals surface area contributed by atoms with E-state index in [1.807, 2.05) is 0 Å². The summed E-state index contributed by atoms with van der Waals surface area (Å²) in [7, 11) is -1.69. The van der Waals surface area contributed by atoms with Gasteiger partial charge in [-0.1, -0.05) is 54.7 Å². The van der Waals surface area contributed by atoms with Gasteiger partial charge in [0.15, 0.2) is 0 Å². The minimum atomic E-state index is -1.69. The highest BCUT2D eigenvalue weighted by Crippen LogP contribution is 2.21. The van der Waals surface area contributed by atoms with Gasteiger partial charge in [0.2, 0.25) is 0 Å². The molecule has 0 amide bonds. The van der Waals surface area contributed by atoms with Gasteiger partial charge in [-0.2, -0.15) is 0 Å². The molecule has 2 heteroatoms. The van der Waals surface area contributed by atoms with Crippen LogP contribution in [0.4, 0.5) is 5.69 Å². The van der Waals surface area contributed by atoms with E-state index in [0.717, 1.165) is 13.1 Å². The Kier molecular flexibility index (Phi) is 5.12. The zero-order valence-electron chi connectivity index (χ0n) is 14.9. The third-order valence-electron chi connectivity index (χ3n) is 4.88. The van der Waals surface area contributed by atoms with Crippen molar-refractivity contribution in [1.29, 1.82) is 0 Å². The van der Waals surface area contributed by atoms with Gasteiger partial charge in [0.05, 0.1) is 0 Å². The maximum atomic E-state index is 2.50. The number of nitrogens with zero attached hydrogens (tertiary/aromatic N) is 1. The lowest BCUT2D eigenvalue weighted by molar-refractivity contribution is 0.868. The van der Waals surface area contributed by atoms with Crippen LogP contribution >= 0.6 is 0 Å². The fraction of sp³-hybridized carbons (Fsp3) is 0.400. The SMILES string of the molecule is CCN(CC)c1cc(C)c(C)cc1[Si](C)(C)c1ccccc1. The van der Waals surface area contributed by atoms with Gasteiger partial charge in [0.1, 0.15) is 8.07 Å². The molecule has 0 N–H and O–H groups in total.